The quantitative estimate of drug-likeness (QED) is 0.944. The highest BCUT2D eigenvalue weighted by Gasteiger charge is 2.07. The molecule has 2 rings (SSSR count). The lowest BCUT2D eigenvalue weighted by molar-refractivity contribution is 0.0949. The zero-order chi connectivity index (χ0) is 14.5. The molecule has 104 valence electrons. The van der Waals surface area contributed by atoms with E-state index in [4.69, 9.17) is 23.2 Å². The SMILES string of the molecule is Cc1cc(C(=O)NCCc2ccc(Cl)cc2Cl)ncn1. The van der Waals surface area contributed by atoms with E-state index in [1.54, 1.807) is 18.2 Å². The van der Waals surface area contributed by atoms with E-state index < -0.39 is 0 Å². The highest BCUT2D eigenvalue weighted by molar-refractivity contribution is 6.35. The summed E-state index contributed by atoms with van der Waals surface area (Å²) in [5.74, 6) is -0.222. The van der Waals surface area contributed by atoms with Crippen LogP contribution in [0.15, 0.2) is 30.6 Å². The van der Waals surface area contributed by atoms with Gasteiger partial charge in [0.2, 0.25) is 0 Å². The van der Waals surface area contributed by atoms with Crippen molar-refractivity contribution in [1.82, 2.24) is 15.3 Å². The number of hydrogen-bond acceptors (Lipinski definition) is 3. The number of hydrogen-bond donors (Lipinski definition) is 1. The van der Waals surface area contributed by atoms with Gasteiger partial charge in [0.25, 0.3) is 5.91 Å². The molecule has 0 saturated carbocycles. The number of carbonyl (C=O) groups excluding carboxylic acids is 1. The standard InChI is InChI=1S/C14H13Cl2N3O/c1-9-6-13(19-8-18-9)14(20)17-5-4-10-2-3-11(15)7-12(10)16/h2-3,6-8H,4-5H2,1H3,(H,17,20). The number of aromatic nitrogens is 2. The molecule has 6 heteroatoms. The van der Waals surface area contributed by atoms with Crippen molar-refractivity contribution in [2.45, 2.75) is 13.3 Å². The molecule has 0 aliphatic rings. The Bertz CT molecular complexity index is 632. The lowest BCUT2D eigenvalue weighted by atomic mass is 10.1. The summed E-state index contributed by atoms with van der Waals surface area (Å²) < 4.78 is 0. The molecule has 1 aromatic carbocycles. The summed E-state index contributed by atoms with van der Waals surface area (Å²) in [7, 11) is 0. The fraction of sp³-hybridized carbons (Fsp3) is 0.214. The summed E-state index contributed by atoms with van der Waals surface area (Å²) in [6.45, 7) is 2.29. The predicted molar refractivity (Wildman–Crippen MR) is 79.3 cm³/mol. The van der Waals surface area contributed by atoms with Crippen molar-refractivity contribution in [2.75, 3.05) is 6.54 Å². The van der Waals surface area contributed by atoms with E-state index in [2.05, 4.69) is 15.3 Å². The number of rotatable bonds is 4. The molecule has 1 aromatic heterocycles. The van der Waals surface area contributed by atoms with Crippen LogP contribution >= 0.6 is 23.2 Å². The second-order valence-electron chi connectivity index (χ2n) is 4.29. The molecule has 2 aromatic rings. The maximum absolute atomic E-state index is 11.9. The molecule has 0 bridgehead atoms. The highest BCUT2D eigenvalue weighted by atomic mass is 35.5. The Kier molecular flexibility index (Phi) is 4.93. The van der Waals surface area contributed by atoms with Crippen LogP contribution in [-0.4, -0.2) is 22.4 Å². The first-order chi connectivity index (χ1) is 9.56. The second-order valence-corrected chi connectivity index (χ2v) is 5.13. The molecule has 0 atom stereocenters. The Labute approximate surface area is 127 Å². The predicted octanol–water partition coefficient (Wildman–Crippen LogP) is 3.06. The Morgan fingerprint density at radius 2 is 2.05 bits per heavy atom. The van der Waals surface area contributed by atoms with E-state index in [1.165, 1.54) is 6.33 Å². The maximum atomic E-state index is 11.9. The van der Waals surface area contributed by atoms with Crippen LogP contribution in [0.3, 0.4) is 0 Å². The van der Waals surface area contributed by atoms with Gasteiger partial charge < -0.3 is 5.32 Å². The van der Waals surface area contributed by atoms with Crippen LogP contribution in [0.1, 0.15) is 21.7 Å². The molecule has 0 fully saturated rings. The molecular weight excluding hydrogens is 297 g/mol. The van der Waals surface area contributed by atoms with Gasteiger partial charge in [-0.25, -0.2) is 9.97 Å². The van der Waals surface area contributed by atoms with Crippen LogP contribution in [0.25, 0.3) is 0 Å². The molecule has 0 aliphatic heterocycles. The summed E-state index contributed by atoms with van der Waals surface area (Å²) >= 11 is 11.9. The van der Waals surface area contributed by atoms with Gasteiger partial charge in [0, 0.05) is 22.3 Å². The van der Waals surface area contributed by atoms with Gasteiger partial charge in [-0.15, -0.1) is 0 Å². The highest BCUT2D eigenvalue weighted by Crippen LogP contribution is 2.21. The minimum absolute atomic E-state index is 0.222. The van der Waals surface area contributed by atoms with Crippen molar-refractivity contribution in [3.8, 4) is 0 Å². The zero-order valence-electron chi connectivity index (χ0n) is 10.9. The number of nitrogens with one attached hydrogen (secondary N) is 1. The minimum Gasteiger partial charge on any atom is -0.350 e. The summed E-state index contributed by atoms with van der Waals surface area (Å²) in [5.41, 5.74) is 2.06. The van der Waals surface area contributed by atoms with Crippen molar-refractivity contribution < 1.29 is 4.79 Å². The van der Waals surface area contributed by atoms with E-state index in [9.17, 15) is 4.79 Å². The first-order valence-electron chi connectivity index (χ1n) is 6.07. The van der Waals surface area contributed by atoms with Gasteiger partial charge >= 0.3 is 0 Å². The fourth-order valence-electron chi connectivity index (χ4n) is 1.70. The number of carbonyl (C=O) groups is 1. The number of nitrogens with zero attached hydrogens (tertiary/aromatic N) is 2. The van der Waals surface area contributed by atoms with Gasteiger partial charge in [0.1, 0.15) is 12.0 Å². The molecule has 0 spiro atoms. The number of halogens is 2. The molecule has 0 unspecified atom stereocenters. The van der Waals surface area contributed by atoms with Crippen LogP contribution in [-0.2, 0) is 6.42 Å². The molecule has 1 N–H and O–H groups in total. The fourth-order valence-corrected chi connectivity index (χ4v) is 2.21. The first-order valence-corrected chi connectivity index (χ1v) is 6.82. The topological polar surface area (TPSA) is 54.9 Å². The Morgan fingerprint density at radius 3 is 2.75 bits per heavy atom. The van der Waals surface area contributed by atoms with Gasteiger partial charge in [0.15, 0.2) is 0 Å². The second kappa shape index (κ2) is 6.68. The van der Waals surface area contributed by atoms with E-state index in [0.717, 1.165) is 11.3 Å². The molecule has 0 radical (unpaired) electrons. The normalized spacial score (nSPS) is 10.3. The average Bonchev–Trinajstić information content (AvgIpc) is 2.41. The largest absolute Gasteiger partial charge is 0.350 e. The summed E-state index contributed by atoms with van der Waals surface area (Å²) in [6, 6.07) is 6.96. The summed E-state index contributed by atoms with van der Waals surface area (Å²) in [4.78, 5) is 19.7. The van der Waals surface area contributed by atoms with Gasteiger partial charge in [0.05, 0.1) is 0 Å². The molecular formula is C14H13Cl2N3O. The van der Waals surface area contributed by atoms with Crippen LogP contribution in [0.5, 0.6) is 0 Å². The number of amides is 1. The zero-order valence-corrected chi connectivity index (χ0v) is 12.4. The number of aryl methyl sites for hydroxylation is 1. The minimum atomic E-state index is -0.222. The lowest BCUT2D eigenvalue weighted by Gasteiger charge is -2.07. The van der Waals surface area contributed by atoms with E-state index in [-0.39, 0.29) is 5.91 Å². The molecule has 20 heavy (non-hydrogen) atoms. The third kappa shape index (κ3) is 3.92. The van der Waals surface area contributed by atoms with E-state index >= 15 is 0 Å². The maximum Gasteiger partial charge on any atom is 0.270 e. The van der Waals surface area contributed by atoms with Crippen LogP contribution < -0.4 is 5.32 Å². The molecule has 1 amide bonds. The third-order valence-electron chi connectivity index (χ3n) is 2.73. The Morgan fingerprint density at radius 1 is 1.25 bits per heavy atom. The van der Waals surface area contributed by atoms with Crippen LogP contribution in [0, 0.1) is 6.92 Å². The smallest absolute Gasteiger partial charge is 0.270 e. The number of benzene rings is 1. The lowest BCUT2D eigenvalue weighted by Crippen LogP contribution is -2.26. The Hall–Kier alpha value is -1.65. The van der Waals surface area contributed by atoms with Gasteiger partial charge in [-0.05, 0) is 37.1 Å². The van der Waals surface area contributed by atoms with Crippen molar-refractivity contribution in [3.63, 3.8) is 0 Å². The van der Waals surface area contributed by atoms with Crippen LogP contribution in [0.4, 0.5) is 0 Å². The van der Waals surface area contributed by atoms with Gasteiger partial charge in [-0.3, -0.25) is 4.79 Å². The molecule has 0 aliphatic carbocycles. The van der Waals surface area contributed by atoms with E-state index in [0.29, 0.717) is 28.7 Å². The molecule has 1 heterocycles. The van der Waals surface area contributed by atoms with Crippen molar-refractivity contribution in [2.24, 2.45) is 0 Å². The summed E-state index contributed by atoms with van der Waals surface area (Å²) in [6.07, 6.45) is 2.01. The van der Waals surface area contributed by atoms with Gasteiger partial charge in [-0.2, -0.15) is 0 Å². The summed E-state index contributed by atoms with van der Waals surface area (Å²) in [5, 5.41) is 3.99. The average molecular weight is 310 g/mol. The van der Waals surface area contributed by atoms with Crippen molar-refractivity contribution in [3.05, 3.63) is 57.6 Å². The Balaban J connectivity index is 1.91. The molecule has 4 nitrogen and oxygen atoms in total. The van der Waals surface area contributed by atoms with Crippen molar-refractivity contribution >= 4 is 29.1 Å². The van der Waals surface area contributed by atoms with E-state index in [1.807, 2.05) is 13.0 Å². The third-order valence-corrected chi connectivity index (χ3v) is 3.32. The monoisotopic (exact) mass is 309 g/mol. The van der Waals surface area contributed by atoms with Crippen molar-refractivity contribution in [1.29, 1.82) is 0 Å². The first kappa shape index (κ1) is 14.8. The van der Waals surface area contributed by atoms with Gasteiger partial charge in [-0.1, -0.05) is 29.3 Å². The van der Waals surface area contributed by atoms with Crippen LogP contribution in [0.2, 0.25) is 10.0 Å². The molecule has 0 saturated heterocycles.